The van der Waals surface area contributed by atoms with Crippen LogP contribution in [0.3, 0.4) is 0 Å². The van der Waals surface area contributed by atoms with Crippen molar-refractivity contribution in [2.24, 2.45) is 0 Å². The van der Waals surface area contributed by atoms with E-state index in [4.69, 9.17) is 0 Å². The Balaban J connectivity index is 1.66. The lowest BCUT2D eigenvalue weighted by Crippen LogP contribution is -2.50. The molecule has 0 bridgehead atoms. The zero-order valence-electron chi connectivity index (χ0n) is 14.7. The molecule has 0 spiro atoms. The highest BCUT2D eigenvalue weighted by Gasteiger charge is 2.30. The van der Waals surface area contributed by atoms with Gasteiger partial charge in [-0.1, -0.05) is 30.3 Å². The van der Waals surface area contributed by atoms with Crippen LogP contribution in [0.5, 0.6) is 0 Å². The maximum atomic E-state index is 13.1. The summed E-state index contributed by atoms with van der Waals surface area (Å²) in [6, 6.07) is 16.7. The second kappa shape index (κ2) is 6.28. The number of H-pyrrole nitrogens is 1. The maximum Gasteiger partial charge on any atom is 0.231 e. The fourth-order valence-corrected chi connectivity index (χ4v) is 3.89. The molecule has 4 nitrogen and oxygen atoms in total. The number of carbonyl (C=O) groups is 1. The van der Waals surface area contributed by atoms with Crippen LogP contribution in [0, 0.1) is 0 Å². The van der Waals surface area contributed by atoms with E-state index >= 15 is 0 Å². The molecule has 1 N–H and O–H groups in total. The van der Waals surface area contributed by atoms with Gasteiger partial charge < -0.3 is 14.8 Å². The van der Waals surface area contributed by atoms with Crippen molar-refractivity contribution in [3.63, 3.8) is 0 Å². The number of para-hydroxylation sites is 3. The van der Waals surface area contributed by atoms with Crippen LogP contribution >= 0.6 is 0 Å². The van der Waals surface area contributed by atoms with Gasteiger partial charge in [-0.15, -0.1) is 0 Å². The Labute approximate surface area is 148 Å². The molecule has 0 fully saturated rings. The Hall–Kier alpha value is -2.75. The number of rotatable bonds is 3. The Morgan fingerprint density at radius 3 is 2.64 bits per heavy atom. The van der Waals surface area contributed by atoms with Crippen molar-refractivity contribution in [3.05, 3.63) is 60.3 Å². The molecular formula is C21H23N3O. The average molecular weight is 333 g/mol. The molecule has 1 atom stereocenters. The van der Waals surface area contributed by atoms with Crippen molar-refractivity contribution in [1.29, 1.82) is 0 Å². The first-order valence-corrected chi connectivity index (χ1v) is 8.90. The summed E-state index contributed by atoms with van der Waals surface area (Å²) in [4.78, 5) is 20.7. The lowest BCUT2D eigenvalue weighted by atomic mass is 10.1. The summed E-state index contributed by atoms with van der Waals surface area (Å²) in [5, 5.41) is 1.13. The number of amides is 1. The van der Waals surface area contributed by atoms with Crippen LogP contribution < -0.4 is 9.80 Å². The monoisotopic (exact) mass is 333 g/mol. The van der Waals surface area contributed by atoms with E-state index in [-0.39, 0.29) is 5.91 Å². The number of anilines is 2. The minimum absolute atomic E-state index is 0.153. The van der Waals surface area contributed by atoms with Gasteiger partial charge in [-0.05, 0) is 37.6 Å². The molecule has 4 heteroatoms. The largest absolute Gasteiger partial charge is 0.366 e. The number of aromatic nitrogens is 1. The lowest BCUT2D eigenvalue weighted by molar-refractivity contribution is -0.118. The summed E-state index contributed by atoms with van der Waals surface area (Å²) in [7, 11) is 0. The predicted octanol–water partition coefficient (Wildman–Crippen LogP) is 3.97. The van der Waals surface area contributed by atoms with Crippen molar-refractivity contribution in [2.45, 2.75) is 26.3 Å². The SMILES string of the molecule is CCN1c2ccccc2N(C(=O)Cc2c[nH]c3ccccc23)CC1C. The summed E-state index contributed by atoms with van der Waals surface area (Å²) in [5.41, 5.74) is 4.31. The highest BCUT2D eigenvalue weighted by molar-refractivity contribution is 6.01. The fourth-order valence-electron chi connectivity index (χ4n) is 3.89. The van der Waals surface area contributed by atoms with Crippen molar-refractivity contribution in [1.82, 2.24) is 4.98 Å². The van der Waals surface area contributed by atoms with E-state index in [0.717, 1.165) is 40.9 Å². The predicted molar refractivity (Wildman–Crippen MR) is 103 cm³/mol. The van der Waals surface area contributed by atoms with Crippen LogP contribution in [0.1, 0.15) is 19.4 Å². The van der Waals surface area contributed by atoms with Crippen LogP contribution in [0.15, 0.2) is 54.7 Å². The van der Waals surface area contributed by atoms with Crippen molar-refractivity contribution < 1.29 is 4.79 Å². The Bertz CT molecular complexity index is 914. The zero-order chi connectivity index (χ0) is 17.4. The van der Waals surface area contributed by atoms with E-state index in [0.29, 0.717) is 12.5 Å². The van der Waals surface area contributed by atoms with E-state index < -0.39 is 0 Å². The molecule has 3 aromatic rings. The van der Waals surface area contributed by atoms with Gasteiger partial charge in [-0.25, -0.2) is 0 Å². The van der Waals surface area contributed by atoms with Crippen molar-refractivity contribution in [2.75, 3.05) is 22.9 Å². The van der Waals surface area contributed by atoms with Gasteiger partial charge in [0.05, 0.1) is 17.8 Å². The third kappa shape index (κ3) is 2.68. The van der Waals surface area contributed by atoms with Gasteiger partial charge >= 0.3 is 0 Å². The molecule has 2 aromatic carbocycles. The zero-order valence-corrected chi connectivity index (χ0v) is 14.7. The van der Waals surface area contributed by atoms with Gasteiger partial charge in [0.15, 0.2) is 0 Å². The molecule has 1 unspecified atom stereocenters. The number of hydrogen-bond acceptors (Lipinski definition) is 2. The number of hydrogen-bond donors (Lipinski definition) is 1. The third-order valence-electron chi connectivity index (χ3n) is 5.12. The second-order valence-corrected chi connectivity index (χ2v) is 6.66. The maximum absolute atomic E-state index is 13.1. The highest BCUT2D eigenvalue weighted by atomic mass is 16.2. The standard InChI is InChI=1S/C21H23N3O/c1-3-23-15(2)14-24(20-11-7-6-10-19(20)23)21(25)12-16-13-22-18-9-5-4-8-17(16)18/h4-11,13,15,22H,3,12,14H2,1-2H3. The number of fused-ring (bicyclic) bond motifs is 2. The van der Waals surface area contributed by atoms with E-state index in [2.05, 4.69) is 41.9 Å². The van der Waals surface area contributed by atoms with E-state index in [1.54, 1.807) is 0 Å². The molecule has 128 valence electrons. The first-order chi connectivity index (χ1) is 12.2. The van der Waals surface area contributed by atoms with Crippen LogP contribution in [-0.4, -0.2) is 30.0 Å². The third-order valence-corrected chi connectivity index (χ3v) is 5.12. The first kappa shape index (κ1) is 15.8. The highest BCUT2D eigenvalue weighted by Crippen LogP contribution is 2.35. The van der Waals surface area contributed by atoms with Crippen LogP contribution in [0.4, 0.5) is 11.4 Å². The number of aromatic amines is 1. The number of likely N-dealkylation sites (N-methyl/N-ethyl adjacent to an activating group) is 1. The smallest absolute Gasteiger partial charge is 0.231 e. The Morgan fingerprint density at radius 1 is 1.12 bits per heavy atom. The molecular weight excluding hydrogens is 310 g/mol. The van der Waals surface area contributed by atoms with Gasteiger partial charge in [-0.2, -0.15) is 0 Å². The molecule has 1 aliphatic rings. The van der Waals surface area contributed by atoms with Gasteiger partial charge in [0.25, 0.3) is 0 Å². The molecule has 1 amide bonds. The van der Waals surface area contributed by atoms with Gasteiger partial charge in [0.2, 0.25) is 5.91 Å². The number of nitrogens with one attached hydrogen (secondary N) is 1. The Morgan fingerprint density at radius 2 is 1.84 bits per heavy atom. The quantitative estimate of drug-likeness (QED) is 0.788. The minimum Gasteiger partial charge on any atom is -0.366 e. The first-order valence-electron chi connectivity index (χ1n) is 8.90. The number of benzene rings is 2. The summed E-state index contributed by atoms with van der Waals surface area (Å²) in [5.74, 6) is 0.153. The lowest BCUT2D eigenvalue weighted by Gasteiger charge is -2.42. The second-order valence-electron chi connectivity index (χ2n) is 6.66. The molecule has 1 aliphatic heterocycles. The molecule has 1 aromatic heterocycles. The molecule has 25 heavy (non-hydrogen) atoms. The molecule has 0 saturated heterocycles. The van der Waals surface area contributed by atoms with Crippen LogP contribution in [-0.2, 0) is 11.2 Å². The Kier molecular flexibility index (Phi) is 3.96. The summed E-state index contributed by atoms with van der Waals surface area (Å²) >= 11 is 0. The molecule has 2 heterocycles. The number of nitrogens with zero attached hydrogens (tertiary/aromatic N) is 2. The van der Waals surface area contributed by atoms with Gasteiger partial charge in [0, 0.05) is 36.2 Å². The average Bonchev–Trinajstić information content (AvgIpc) is 3.04. The normalized spacial score (nSPS) is 17.0. The molecule has 0 saturated carbocycles. The summed E-state index contributed by atoms with van der Waals surface area (Å²) < 4.78 is 0. The van der Waals surface area contributed by atoms with E-state index in [1.165, 1.54) is 0 Å². The summed E-state index contributed by atoms with van der Waals surface area (Å²) in [6.07, 6.45) is 2.37. The van der Waals surface area contributed by atoms with Crippen LogP contribution in [0.25, 0.3) is 10.9 Å². The molecule has 4 rings (SSSR count). The van der Waals surface area contributed by atoms with E-state index in [9.17, 15) is 4.79 Å². The van der Waals surface area contributed by atoms with Gasteiger partial charge in [-0.3, -0.25) is 4.79 Å². The van der Waals surface area contributed by atoms with E-state index in [1.807, 2.05) is 41.4 Å². The minimum atomic E-state index is 0.153. The fraction of sp³-hybridized carbons (Fsp3) is 0.286. The van der Waals surface area contributed by atoms with Crippen molar-refractivity contribution in [3.8, 4) is 0 Å². The van der Waals surface area contributed by atoms with Gasteiger partial charge in [0.1, 0.15) is 0 Å². The summed E-state index contributed by atoms with van der Waals surface area (Å²) in [6.45, 7) is 6.02. The van der Waals surface area contributed by atoms with Crippen LogP contribution in [0.2, 0.25) is 0 Å². The van der Waals surface area contributed by atoms with Crippen molar-refractivity contribution >= 4 is 28.2 Å². The molecule has 0 radical (unpaired) electrons. The number of carbonyl (C=O) groups excluding carboxylic acids is 1. The molecule has 0 aliphatic carbocycles. The topological polar surface area (TPSA) is 39.3 Å².